The Morgan fingerprint density at radius 1 is 0.696 bits per heavy atom. The lowest BCUT2D eigenvalue weighted by Gasteiger charge is -2.39. The molecule has 3 amide bonds. The Bertz CT molecular complexity index is 412. The van der Waals surface area contributed by atoms with E-state index in [9.17, 15) is 9.59 Å². The van der Waals surface area contributed by atoms with E-state index in [1.54, 1.807) is 0 Å². The average molecular weight is 324 g/mol. The molecule has 0 aromatic carbocycles. The van der Waals surface area contributed by atoms with Gasteiger partial charge in [0.2, 0.25) is 5.91 Å². The van der Waals surface area contributed by atoms with Gasteiger partial charge in [-0.15, -0.1) is 0 Å². The molecular formula is C16H28N4O3. The van der Waals surface area contributed by atoms with Gasteiger partial charge in [0.05, 0.1) is 19.8 Å². The van der Waals surface area contributed by atoms with Gasteiger partial charge >= 0.3 is 6.03 Å². The van der Waals surface area contributed by atoms with Crippen molar-refractivity contribution >= 4 is 11.9 Å². The monoisotopic (exact) mass is 324 g/mol. The first-order chi connectivity index (χ1) is 11.2. The molecule has 0 aliphatic carbocycles. The molecule has 0 spiro atoms. The highest BCUT2D eigenvalue weighted by atomic mass is 16.5. The second-order valence-electron chi connectivity index (χ2n) is 6.59. The molecule has 0 atom stereocenters. The molecule has 7 heteroatoms. The molecule has 0 saturated carbocycles. The van der Waals surface area contributed by atoms with Crippen molar-refractivity contribution in [3.63, 3.8) is 0 Å². The largest absolute Gasteiger partial charge is 0.378 e. The van der Waals surface area contributed by atoms with Crippen molar-refractivity contribution in [2.24, 2.45) is 0 Å². The van der Waals surface area contributed by atoms with Crippen molar-refractivity contribution in [2.75, 3.05) is 72.1 Å². The van der Waals surface area contributed by atoms with E-state index in [-0.39, 0.29) is 11.9 Å². The lowest BCUT2D eigenvalue weighted by atomic mass is 10.1. The van der Waals surface area contributed by atoms with Crippen molar-refractivity contribution in [1.29, 1.82) is 0 Å². The number of hydrogen-bond donors (Lipinski definition) is 0. The molecule has 0 N–H and O–H groups in total. The van der Waals surface area contributed by atoms with Gasteiger partial charge in [-0.25, -0.2) is 4.79 Å². The van der Waals surface area contributed by atoms with E-state index in [0.29, 0.717) is 45.9 Å². The van der Waals surface area contributed by atoms with E-state index < -0.39 is 0 Å². The van der Waals surface area contributed by atoms with Crippen molar-refractivity contribution in [3.05, 3.63) is 0 Å². The molecule has 130 valence electrons. The number of piperazine rings is 1. The normalized spacial score (nSPS) is 23.9. The first kappa shape index (κ1) is 16.5. The lowest BCUT2D eigenvalue weighted by Crippen LogP contribution is -2.56. The van der Waals surface area contributed by atoms with Gasteiger partial charge in [0.25, 0.3) is 0 Å². The quantitative estimate of drug-likeness (QED) is 0.721. The molecule has 0 unspecified atom stereocenters. The lowest BCUT2D eigenvalue weighted by molar-refractivity contribution is -0.133. The first-order valence-corrected chi connectivity index (χ1v) is 8.86. The van der Waals surface area contributed by atoms with Crippen LogP contribution in [0.3, 0.4) is 0 Å². The third kappa shape index (κ3) is 4.35. The molecule has 3 aliphatic rings. The van der Waals surface area contributed by atoms with Crippen molar-refractivity contribution in [1.82, 2.24) is 19.6 Å². The third-order valence-electron chi connectivity index (χ3n) is 4.99. The summed E-state index contributed by atoms with van der Waals surface area (Å²) in [5, 5.41) is 0. The van der Waals surface area contributed by atoms with E-state index in [2.05, 4.69) is 4.90 Å². The summed E-state index contributed by atoms with van der Waals surface area (Å²) in [4.78, 5) is 32.7. The first-order valence-electron chi connectivity index (χ1n) is 8.86. The molecule has 3 saturated heterocycles. The molecule has 0 aromatic rings. The summed E-state index contributed by atoms with van der Waals surface area (Å²) in [6, 6.07) is 0.121. The average Bonchev–Trinajstić information content (AvgIpc) is 2.63. The Morgan fingerprint density at radius 2 is 1.30 bits per heavy atom. The molecule has 3 aliphatic heterocycles. The van der Waals surface area contributed by atoms with Gasteiger partial charge in [-0.05, 0) is 19.3 Å². The highest BCUT2D eigenvalue weighted by Crippen LogP contribution is 2.11. The zero-order chi connectivity index (χ0) is 16.1. The van der Waals surface area contributed by atoms with Gasteiger partial charge in [-0.1, -0.05) is 0 Å². The number of rotatable bonds is 2. The molecule has 3 fully saturated rings. The number of nitrogens with zero attached hydrogens (tertiary/aromatic N) is 4. The van der Waals surface area contributed by atoms with Crippen LogP contribution in [0.1, 0.15) is 19.3 Å². The van der Waals surface area contributed by atoms with Gasteiger partial charge in [-0.3, -0.25) is 9.69 Å². The second-order valence-corrected chi connectivity index (χ2v) is 6.59. The van der Waals surface area contributed by atoms with E-state index >= 15 is 0 Å². The molecule has 7 nitrogen and oxygen atoms in total. The minimum atomic E-state index is 0.121. The van der Waals surface area contributed by atoms with Crippen LogP contribution < -0.4 is 0 Å². The number of piperidine rings is 1. The zero-order valence-corrected chi connectivity index (χ0v) is 13.9. The van der Waals surface area contributed by atoms with Crippen molar-refractivity contribution in [2.45, 2.75) is 19.3 Å². The Morgan fingerprint density at radius 3 is 1.96 bits per heavy atom. The van der Waals surface area contributed by atoms with Crippen molar-refractivity contribution in [3.8, 4) is 0 Å². The number of carbonyl (C=O) groups is 2. The highest BCUT2D eigenvalue weighted by Gasteiger charge is 2.27. The maximum Gasteiger partial charge on any atom is 0.320 e. The minimum absolute atomic E-state index is 0.121. The predicted molar refractivity (Wildman–Crippen MR) is 86.2 cm³/mol. The van der Waals surface area contributed by atoms with Crippen LogP contribution in [-0.4, -0.2) is 104 Å². The molecule has 3 heterocycles. The summed E-state index contributed by atoms with van der Waals surface area (Å²) < 4.78 is 5.29. The van der Waals surface area contributed by atoms with Crippen LogP contribution in [0.25, 0.3) is 0 Å². The maximum atomic E-state index is 12.4. The molecular weight excluding hydrogens is 296 g/mol. The van der Waals surface area contributed by atoms with Crippen LogP contribution in [0.5, 0.6) is 0 Å². The zero-order valence-electron chi connectivity index (χ0n) is 13.9. The number of urea groups is 1. The molecule has 3 rings (SSSR count). The Balaban J connectivity index is 1.41. The summed E-state index contributed by atoms with van der Waals surface area (Å²) >= 11 is 0. The number of carbonyl (C=O) groups excluding carboxylic acids is 2. The fourth-order valence-electron chi connectivity index (χ4n) is 3.49. The number of amides is 3. The standard InChI is InChI=1S/C16H28N4O3/c21-15(18-4-2-1-3-5-18)14-17-6-8-19(9-7-17)16(22)20-10-12-23-13-11-20/h1-14H2. The fourth-order valence-corrected chi connectivity index (χ4v) is 3.49. The molecule has 0 bridgehead atoms. The molecule has 0 radical (unpaired) electrons. The Labute approximate surface area is 138 Å². The van der Waals surface area contributed by atoms with Gasteiger partial charge < -0.3 is 19.4 Å². The Kier molecular flexibility index (Phi) is 5.72. The molecule has 23 heavy (non-hydrogen) atoms. The smallest absolute Gasteiger partial charge is 0.320 e. The number of likely N-dealkylation sites (tertiary alicyclic amines) is 1. The van der Waals surface area contributed by atoms with E-state index in [4.69, 9.17) is 4.74 Å². The summed E-state index contributed by atoms with van der Waals surface area (Å²) in [5.74, 6) is 0.248. The maximum absolute atomic E-state index is 12.4. The number of hydrogen-bond acceptors (Lipinski definition) is 4. The van der Waals surface area contributed by atoms with Gasteiger partial charge in [0, 0.05) is 52.4 Å². The summed E-state index contributed by atoms with van der Waals surface area (Å²) in [6.45, 7) is 7.96. The van der Waals surface area contributed by atoms with Gasteiger partial charge in [-0.2, -0.15) is 0 Å². The fraction of sp³-hybridized carbons (Fsp3) is 0.875. The van der Waals surface area contributed by atoms with Crippen LogP contribution >= 0.6 is 0 Å². The van der Waals surface area contributed by atoms with Gasteiger partial charge in [0.15, 0.2) is 0 Å². The van der Waals surface area contributed by atoms with Crippen LogP contribution in [0.2, 0.25) is 0 Å². The van der Waals surface area contributed by atoms with Crippen LogP contribution in [0.4, 0.5) is 4.79 Å². The highest BCUT2D eigenvalue weighted by molar-refractivity contribution is 5.78. The molecule has 0 aromatic heterocycles. The van der Waals surface area contributed by atoms with E-state index in [0.717, 1.165) is 39.0 Å². The topological polar surface area (TPSA) is 56.3 Å². The number of morpholine rings is 1. The SMILES string of the molecule is O=C(CN1CCN(C(=O)N2CCOCC2)CC1)N1CCCCC1. The predicted octanol–water partition coefficient (Wildman–Crippen LogP) is 0.0687. The van der Waals surface area contributed by atoms with Gasteiger partial charge in [0.1, 0.15) is 0 Å². The third-order valence-corrected chi connectivity index (χ3v) is 4.99. The van der Waals surface area contributed by atoms with E-state index in [1.807, 2.05) is 14.7 Å². The Hall–Kier alpha value is -1.34. The number of ether oxygens (including phenoxy) is 1. The van der Waals surface area contributed by atoms with E-state index in [1.165, 1.54) is 6.42 Å². The van der Waals surface area contributed by atoms with Crippen LogP contribution in [0, 0.1) is 0 Å². The minimum Gasteiger partial charge on any atom is -0.378 e. The summed E-state index contributed by atoms with van der Waals surface area (Å²) in [7, 11) is 0. The van der Waals surface area contributed by atoms with Crippen LogP contribution in [-0.2, 0) is 9.53 Å². The van der Waals surface area contributed by atoms with Crippen molar-refractivity contribution < 1.29 is 14.3 Å². The summed E-state index contributed by atoms with van der Waals surface area (Å²) in [5.41, 5.74) is 0. The summed E-state index contributed by atoms with van der Waals surface area (Å²) in [6.07, 6.45) is 3.51. The van der Waals surface area contributed by atoms with Crippen LogP contribution in [0.15, 0.2) is 0 Å². The second kappa shape index (κ2) is 7.97.